The molecule has 0 saturated carbocycles. The van der Waals surface area contributed by atoms with Gasteiger partial charge in [-0.3, -0.25) is 0 Å². The number of hydrogen-bond donors (Lipinski definition) is 1. The average molecular weight is 471 g/mol. The monoisotopic (exact) mass is 471 g/mol. The van der Waals surface area contributed by atoms with Crippen molar-refractivity contribution in [1.29, 1.82) is 5.26 Å². The van der Waals surface area contributed by atoms with E-state index in [2.05, 4.69) is 47.4 Å². The van der Waals surface area contributed by atoms with Gasteiger partial charge in [-0.15, -0.1) is 0 Å². The van der Waals surface area contributed by atoms with Crippen LogP contribution in [0, 0.1) is 18.2 Å². The molecule has 0 bridgehead atoms. The normalized spacial score (nSPS) is 20.6. The molecule has 0 radical (unpaired) electrons. The largest absolute Gasteiger partial charge is 0.378 e. The summed E-state index contributed by atoms with van der Waals surface area (Å²) in [6.45, 7) is 6.94. The van der Waals surface area contributed by atoms with Crippen LogP contribution in [0.3, 0.4) is 0 Å². The second-order valence-corrected chi connectivity index (χ2v) is 10.1. The highest BCUT2D eigenvalue weighted by Crippen LogP contribution is 2.37. The number of nitriles is 1. The van der Waals surface area contributed by atoms with Gasteiger partial charge in [0.05, 0.1) is 13.2 Å². The second kappa shape index (κ2) is 10.7. The van der Waals surface area contributed by atoms with E-state index in [-0.39, 0.29) is 12.7 Å². The van der Waals surface area contributed by atoms with E-state index in [4.69, 9.17) is 9.72 Å². The number of morpholine rings is 1. The van der Waals surface area contributed by atoms with Crippen LogP contribution in [0.1, 0.15) is 42.9 Å². The number of hydrogen-bond acceptors (Lipinski definition) is 5. The van der Waals surface area contributed by atoms with E-state index in [1.807, 2.05) is 11.0 Å². The molecule has 1 atom stereocenters. The lowest BCUT2D eigenvalue weighted by atomic mass is 9.41. The summed E-state index contributed by atoms with van der Waals surface area (Å²) in [6, 6.07) is 10.5. The van der Waals surface area contributed by atoms with E-state index in [9.17, 15) is 10.1 Å². The van der Waals surface area contributed by atoms with E-state index >= 15 is 0 Å². The van der Waals surface area contributed by atoms with Crippen LogP contribution in [-0.4, -0.2) is 62.0 Å². The number of nitrogens with zero attached hydrogens (tertiary/aromatic N) is 4. The van der Waals surface area contributed by atoms with Crippen LogP contribution in [-0.2, 0) is 4.74 Å². The summed E-state index contributed by atoms with van der Waals surface area (Å²) in [4.78, 5) is 22.0. The minimum Gasteiger partial charge on any atom is -0.378 e. The molecule has 1 aromatic carbocycles. The van der Waals surface area contributed by atoms with Crippen LogP contribution in [0.4, 0.5) is 16.3 Å². The molecule has 1 N–H and O–H groups in total. The lowest BCUT2D eigenvalue weighted by molar-refractivity contribution is 0.122. The fraction of sp³-hybridized carbons (Fsp3) is 0.519. The van der Waals surface area contributed by atoms with Crippen molar-refractivity contribution in [2.24, 2.45) is 0 Å². The fourth-order valence-corrected chi connectivity index (χ4v) is 5.57. The number of carbonyl (C=O) groups excluding carboxylic acids is 1. The lowest BCUT2D eigenvalue weighted by Crippen LogP contribution is -2.37. The third kappa shape index (κ3) is 5.46. The second-order valence-electron chi connectivity index (χ2n) is 10.1. The Balaban J connectivity index is 1.49. The number of aryl methyl sites for hydroxylation is 1. The number of carbonyl (C=O) groups is 1. The van der Waals surface area contributed by atoms with Gasteiger partial charge in [0.1, 0.15) is 5.82 Å². The predicted octanol–water partition coefficient (Wildman–Crippen LogP) is 4.96. The Morgan fingerprint density at radius 3 is 2.71 bits per heavy atom. The van der Waals surface area contributed by atoms with E-state index in [1.165, 1.54) is 0 Å². The molecule has 0 spiro atoms. The molecule has 0 aliphatic carbocycles. The van der Waals surface area contributed by atoms with Crippen LogP contribution >= 0.6 is 0 Å². The van der Waals surface area contributed by atoms with E-state index in [1.54, 1.807) is 0 Å². The van der Waals surface area contributed by atoms with Gasteiger partial charge >= 0.3 is 6.03 Å². The van der Waals surface area contributed by atoms with Crippen LogP contribution in [0.25, 0.3) is 11.1 Å². The van der Waals surface area contributed by atoms with E-state index in [0.29, 0.717) is 19.1 Å². The van der Waals surface area contributed by atoms with E-state index in [0.717, 1.165) is 98.4 Å². The summed E-state index contributed by atoms with van der Waals surface area (Å²) in [5.41, 5.74) is 5.28. The highest BCUT2D eigenvalue weighted by atomic mass is 16.5. The summed E-state index contributed by atoms with van der Waals surface area (Å²) in [6.07, 6.45) is 6.15. The number of rotatable bonds is 4. The van der Waals surface area contributed by atoms with Crippen molar-refractivity contribution in [3.63, 3.8) is 0 Å². The van der Waals surface area contributed by atoms with Gasteiger partial charge in [0.15, 0.2) is 0 Å². The van der Waals surface area contributed by atoms with Gasteiger partial charge in [-0.2, -0.15) is 0 Å². The number of anilines is 2. The number of amides is 2. The maximum absolute atomic E-state index is 12.7. The first kappa shape index (κ1) is 23.7. The fourth-order valence-electron chi connectivity index (χ4n) is 5.57. The van der Waals surface area contributed by atoms with Crippen LogP contribution in [0.5, 0.6) is 0 Å². The van der Waals surface area contributed by atoms with Crippen molar-refractivity contribution < 1.29 is 9.53 Å². The molecule has 3 aliphatic heterocycles. The molecular weight excluding hydrogens is 437 g/mol. The molecule has 3 aliphatic rings. The van der Waals surface area contributed by atoms with Crippen molar-refractivity contribution in [3.8, 4) is 17.1 Å². The van der Waals surface area contributed by atoms with Crippen molar-refractivity contribution in [1.82, 2.24) is 9.88 Å². The first-order chi connectivity index (χ1) is 17.1. The third-order valence-electron chi connectivity index (χ3n) is 7.63. The Bertz CT molecular complexity index is 1110. The molecule has 35 heavy (non-hydrogen) atoms. The molecule has 5 rings (SSSR count). The van der Waals surface area contributed by atoms with Gasteiger partial charge in [0.25, 0.3) is 6.71 Å². The molecule has 4 heterocycles. The van der Waals surface area contributed by atoms with Gasteiger partial charge in [-0.05, 0) is 73.1 Å². The average Bonchev–Trinajstić information content (AvgIpc) is 3.45. The summed E-state index contributed by atoms with van der Waals surface area (Å²) in [7, 11) is 0. The SMILES string of the molecule is Cc1ccc(NC(=O)N2CCCC2)cc1-c1cc(C2CCCB(C#N)C2)nc(N2CCOCC2)c1. The molecular formula is C27H34BN5O2. The zero-order chi connectivity index (χ0) is 24.2. The van der Waals surface area contributed by atoms with Crippen molar-refractivity contribution in [3.05, 3.63) is 41.6 Å². The molecule has 8 heteroatoms. The molecule has 3 fully saturated rings. The summed E-state index contributed by atoms with van der Waals surface area (Å²) < 4.78 is 5.58. The Labute approximate surface area is 208 Å². The smallest absolute Gasteiger partial charge is 0.321 e. The minimum absolute atomic E-state index is 0.0218. The van der Waals surface area contributed by atoms with Gasteiger partial charge in [-0.1, -0.05) is 25.1 Å². The third-order valence-corrected chi connectivity index (χ3v) is 7.63. The van der Waals surface area contributed by atoms with E-state index < -0.39 is 0 Å². The minimum atomic E-state index is -0.0218. The number of urea groups is 1. The predicted molar refractivity (Wildman–Crippen MR) is 140 cm³/mol. The summed E-state index contributed by atoms with van der Waals surface area (Å²) >= 11 is 0. The van der Waals surface area contributed by atoms with Gasteiger partial charge < -0.3 is 19.9 Å². The first-order valence-corrected chi connectivity index (χ1v) is 13.0. The molecule has 182 valence electrons. The Kier molecular flexibility index (Phi) is 7.24. The van der Waals surface area contributed by atoms with Crippen LogP contribution < -0.4 is 10.2 Å². The topological polar surface area (TPSA) is 81.5 Å². The van der Waals surface area contributed by atoms with Crippen molar-refractivity contribution in [2.75, 3.05) is 49.6 Å². The first-order valence-electron chi connectivity index (χ1n) is 13.0. The van der Waals surface area contributed by atoms with Crippen LogP contribution in [0.2, 0.25) is 12.6 Å². The number of pyridine rings is 1. The van der Waals surface area contributed by atoms with Crippen molar-refractivity contribution >= 4 is 24.2 Å². The lowest BCUT2D eigenvalue weighted by Gasteiger charge is -2.30. The zero-order valence-corrected chi connectivity index (χ0v) is 20.6. The highest BCUT2D eigenvalue weighted by Gasteiger charge is 2.28. The molecule has 2 amide bonds. The number of aromatic nitrogens is 1. The Morgan fingerprint density at radius 2 is 1.94 bits per heavy atom. The Hall–Kier alpha value is -3.05. The number of nitrogens with one attached hydrogen (secondary N) is 1. The number of ether oxygens (including phenoxy) is 1. The van der Waals surface area contributed by atoms with Crippen LogP contribution in [0.15, 0.2) is 30.3 Å². The number of benzene rings is 1. The summed E-state index contributed by atoms with van der Waals surface area (Å²) in [5, 5.41) is 12.6. The van der Waals surface area contributed by atoms with Gasteiger partial charge in [0, 0.05) is 43.5 Å². The summed E-state index contributed by atoms with van der Waals surface area (Å²) in [5.74, 6) is 3.76. The molecule has 1 aromatic heterocycles. The van der Waals surface area contributed by atoms with Gasteiger partial charge in [0.2, 0.25) is 0 Å². The maximum Gasteiger partial charge on any atom is 0.321 e. The van der Waals surface area contributed by atoms with Crippen molar-refractivity contribution in [2.45, 2.75) is 51.2 Å². The standard InChI is InChI=1S/C27H34BN5O2/c1-20-6-7-23(30-27(34)33-9-2-3-10-33)17-24(20)22-15-25(21-5-4-8-28(18-21)19-29)31-26(16-22)32-11-13-35-14-12-32/h6-7,15-17,21H,2-5,8-14,18H2,1H3,(H,30,34). The molecule has 7 nitrogen and oxygen atoms in total. The Morgan fingerprint density at radius 1 is 1.14 bits per heavy atom. The molecule has 1 unspecified atom stereocenters. The maximum atomic E-state index is 12.7. The highest BCUT2D eigenvalue weighted by molar-refractivity contribution is 6.67. The molecule has 3 saturated heterocycles. The van der Waals surface area contributed by atoms with Gasteiger partial charge in [-0.25, -0.2) is 15.0 Å². The quantitative estimate of drug-likeness (QED) is 0.638. The molecule has 2 aromatic rings. The zero-order valence-electron chi connectivity index (χ0n) is 20.6. The number of likely N-dealkylation sites (tertiary alicyclic amines) is 1.